The van der Waals surface area contributed by atoms with Gasteiger partial charge in [-0.1, -0.05) is 24.3 Å². The van der Waals surface area contributed by atoms with E-state index < -0.39 is 0 Å². The number of fused-ring (bicyclic) bond motifs is 1. The highest BCUT2D eigenvalue weighted by atomic mass is 16.5. The summed E-state index contributed by atoms with van der Waals surface area (Å²) < 4.78 is 16.4. The summed E-state index contributed by atoms with van der Waals surface area (Å²) in [6, 6.07) is 21.8. The Morgan fingerprint density at radius 3 is 2.06 bits per heavy atom. The number of nitrogens with zero attached hydrogens (tertiary/aromatic N) is 1. The summed E-state index contributed by atoms with van der Waals surface area (Å²) in [7, 11) is 4.93. The number of rotatable bonds is 7. The lowest BCUT2D eigenvalue weighted by Gasteiger charge is -2.39. The standard InChI is InChI=1S/C27H27NO4/c1-18(29)13-27-25-8-6-5-7-19(25)16-26(20-14-23(31-3)17-24(15-20)32-4)28(27)21-9-11-22(30-2)12-10-21/h5-12,14-17,27H,13H2,1-4H3. The molecule has 0 bridgehead atoms. The SMILES string of the molecule is COc1ccc(N2C(c3cc(OC)cc(OC)c3)=Cc3ccccc3C2CC(C)=O)cc1. The second kappa shape index (κ2) is 9.18. The average molecular weight is 430 g/mol. The molecular weight excluding hydrogens is 402 g/mol. The second-order valence-electron chi connectivity index (χ2n) is 7.75. The molecule has 1 aliphatic heterocycles. The highest BCUT2D eigenvalue weighted by Gasteiger charge is 2.31. The molecule has 5 nitrogen and oxygen atoms in total. The van der Waals surface area contributed by atoms with E-state index in [2.05, 4.69) is 23.1 Å². The first kappa shape index (κ1) is 21.5. The van der Waals surface area contributed by atoms with Crippen molar-refractivity contribution in [3.8, 4) is 17.2 Å². The Bertz CT molecular complexity index is 1130. The molecule has 0 aromatic heterocycles. The van der Waals surface area contributed by atoms with Crippen LogP contribution in [0, 0.1) is 0 Å². The molecule has 5 heteroatoms. The number of anilines is 1. The first-order valence-electron chi connectivity index (χ1n) is 10.5. The normalized spacial score (nSPS) is 14.9. The summed E-state index contributed by atoms with van der Waals surface area (Å²) in [5.74, 6) is 2.32. The van der Waals surface area contributed by atoms with Gasteiger partial charge in [-0.25, -0.2) is 0 Å². The van der Waals surface area contributed by atoms with E-state index in [-0.39, 0.29) is 11.8 Å². The van der Waals surface area contributed by atoms with E-state index in [9.17, 15) is 4.79 Å². The van der Waals surface area contributed by atoms with Crippen molar-refractivity contribution in [1.82, 2.24) is 0 Å². The van der Waals surface area contributed by atoms with Gasteiger partial charge < -0.3 is 19.1 Å². The summed E-state index contributed by atoms with van der Waals surface area (Å²) in [5, 5.41) is 0. The number of hydrogen-bond acceptors (Lipinski definition) is 5. The van der Waals surface area contributed by atoms with Crippen LogP contribution in [0.15, 0.2) is 66.7 Å². The van der Waals surface area contributed by atoms with Crippen molar-refractivity contribution < 1.29 is 19.0 Å². The monoisotopic (exact) mass is 429 g/mol. The molecule has 1 aliphatic rings. The molecule has 3 aromatic carbocycles. The molecule has 32 heavy (non-hydrogen) atoms. The molecule has 0 spiro atoms. The fraction of sp³-hybridized carbons (Fsp3) is 0.222. The van der Waals surface area contributed by atoms with Crippen molar-refractivity contribution in [2.45, 2.75) is 19.4 Å². The fourth-order valence-electron chi connectivity index (χ4n) is 4.18. The smallest absolute Gasteiger partial charge is 0.132 e. The number of methoxy groups -OCH3 is 3. The van der Waals surface area contributed by atoms with Crippen LogP contribution in [-0.4, -0.2) is 27.1 Å². The van der Waals surface area contributed by atoms with Crippen LogP contribution < -0.4 is 19.1 Å². The largest absolute Gasteiger partial charge is 0.497 e. The molecule has 0 amide bonds. The van der Waals surface area contributed by atoms with Crippen molar-refractivity contribution >= 4 is 23.2 Å². The molecule has 0 radical (unpaired) electrons. The molecule has 1 heterocycles. The van der Waals surface area contributed by atoms with Gasteiger partial charge in [0.15, 0.2) is 0 Å². The molecule has 0 N–H and O–H groups in total. The van der Waals surface area contributed by atoms with E-state index in [0.29, 0.717) is 17.9 Å². The molecule has 0 aliphatic carbocycles. The average Bonchev–Trinajstić information content (AvgIpc) is 2.83. The van der Waals surface area contributed by atoms with Gasteiger partial charge in [0.1, 0.15) is 23.0 Å². The Morgan fingerprint density at radius 2 is 1.47 bits per heavy atom. The van der Waals surface area contributed by atoms with Crippen molar-refractivity contribution in [1.29, 1.82) is 0 Å². The summed E-state index contributed by atoms with van der Waals surface area (Å²) in [5.41, 5.74) is 5.11. The molecule has 3 aromatic rings. The van der Waals surface area contributed by atoms with Gasteiger partial charge in [0.05, 0.1) is 27.4 Å². The molecule has 1 unspecified atom stereocenters. The topological polar surface area (TPSA) is 48.0 Å². The molecule has 0 saturated heterocycles. The Labute approximate surface area is 188 Å². The van der Waals surface area contributed by atoms with E-state index in [1.807, 2.05) is 54.6 Å². The summed E-state index contributed by atoms with van der Waals surface area (Å²) in [6.07, 6.45) is 2.55. The van der Waals surface area contributed by atoms with Crippen LogP contribution in [0.4, 0.5) is 5.69 Å². The minimum absolute atomic E-state index is 0.132. The quantitative estimate of drug-likeness (QED) is 0.479. The van der Waals surface area contributed by atoms with Crippen LogP contribution in [-0.2, 0) is 4.79 Å². The van der Waals surface area contributed by atoms with Gasteiger partial charge in [-0.05, 0) is 60.5 Å². The Morgan fingerprint density at radius 1 is 0.844 bits per heavy atom. The molecule has 164 valence electrons. The van der Waals surface area contributed by atoms with Gasteiger partial charge in [0.25, 0.3) is 0 Å². The lowest BCUT2D eigenvalue weighted by atomic mass is 9.88. The van der Waals surface area contributed by atoms with Gasteiger partial charge in [-0.15, -0.1) is 0 Å². The second-order valence-corrected chi connectivity index (χ2v) is 7.75. The van der Waals surface area contributed by atoms with E-state index in [1.54, 1.807) is 28.3 Å². The predicted molar refractivity (Wildman–Crippen MR) is 127 cm³/mol. The number of carbonyl (C=O) groups is 1. The molecule has 4 rings (SSSR count). The highest BCUT2D eigenvalue weighted by molar-refractivity contribution is 5.95. The van der Waals surface area contributed by atoms with Crippen molar-refractivity contribution in [2.75, 3.05) is 26.2 Å². The number of hydrogen-bond donors (Lipinski definition) is 0. The van der Waals surface area contributed by atoms with Gasteiger partial charge in [-0.2, -0.15) is 0 Å². The Balaban J connectivity index is 1.95. The first-order valence-corrected chi connectivity index (χ1v) is 10.5. The lowest BCUT2D eigenvalue weighted by Crippen LogP contribution is -2.31. The van der Waals surface area contributed by atoms with Crippen LogP contribution in [0.25, 0.3) is 11.8 Å². The van der Waals surface area contributed by atoms with Crippen LogP contribution in [0.1, 0.15) is 36.1 Å². The van der Waals surface area contributed by atoms with E-state index >= 15 is 0 Å². The van der Waals surface area contributed by atoms with Crippen molar-refractivity contribution in [2.24, 2.45) is 0 Å². The maximum atomic E-state index is 12.3. The number of carbonyl (C=O) groups excluding carboxylic acids is 1. The minimum atomic E-state index is -0.144. The van der Waals surface area contributed by atoms with Gasteiger partial charge >= 0.3 is 0 Å². The third-order valence-corrected chi connectivity index (χ3v) is 5.70. The van der Waals surface area contributed by atoms with Gasteiger partial charge in [0.2, 0.25) is 0 Å². The molecular formula is C27H27NO4. The molecule has 0 fully saturated rings. The summed E-state index contributed by atoms with van der Waals surface area (Å²) >= 11 is 0. The van der Waals surface area contributed by atoms with Gasteiger partial charge in [0, 0.05) is 29.4 Å². The van der Waals surface area contributed by atoms with Crippen LogP contribution >= 0.6 is 0 Å². The third kappa shape index (κ3) is 4.19. The third-order valence-electron chi connectivity index (χ3n) is 5.70. The molecule has 0 saturated carbocycles. The first-order chi connectivity index (χ1) is 15.5. The highest BCUT2D eigenvalue weighted by Crippen LogP contribution is 2.44. The van der Waals surface area contributed by atoms with Crippen molar-refractivity contribution in [3.63, 3.8) is 0 Å². The zero-order chi connectivity index (χ0) is 22.7. The Kier molecular flexibility index (Phi) is 6.17. The van der Waals surface area contributed by atoms with Crippen LogP contribution in [0.3, 0.4) is 0 Å². The summed E-state index contributed by atoms with van der Waals surface area (Å²) in [4.78, 5) is 14.6. The zero-order valence-electron chi connectivity index (χ0n) is 18.8. The van der Waals surface area contributed by atoms with Crippen LogP contribution in [0.2, 0.25) is 0 Å². The van der Waals surface area contributed by atoms with Gasteiger partial charge in [-0.3, -0.25) is 4.79 Å². The van der Waals surface area contributed by atoms with E-state index in [1.165, 1.54) is 0 Å². The number of ether oxygens (including phenoxy) is 3. The predicted octanol–water partition coefficient (Wildman–Crippen LogP) is 5.75. The summed E-state index contributed by atoms with van der Waals surface area (Å²) in [6.45, 7) is 1.64. The fourth-order valence-corrected chi connectivity index (χ4v) is 4.18. The van der Waals surface area contributed by atoms with E-state index in [0.717, 1.165) is 33.8 Å². The number of benzene rings is 3. The maximum absolute atomic E-state index is 12.3. The van der Waals surface area contributed by atoms with E-state index in [4.69, 9.17) is 14.2 Å². The maximum Gasteiger partial charge on any atom is 0.132 e. The number of Topliss-reactive ketones (excluding diaryl/α,β-unsaturated/α-hetero) is 1. The zero-order valence-corrected chi connectivity index (χ0v) is 18.8. The number of ketones is 1. The Hall–Kier alpha value is -3.73. The van der Waals surface area contributed by atoms with Crippen LogP contribution in [0.5, 0.6) is 17.2 Å². The lowest BCUT2D eigenvalue weighted by molar-refractivity contribution is -0.117. The minimum Gasteiger partial charge on any atom is -0.497 e. The van der Waals surface area contributed by atoms with Crippen molar-refractivity contribution in [3.05, 3.63) is 83.4 Å². The molecule has 1 atom stereocenters.